The molecule has 0 bridgehead atoms. The zero-order valence-electron chi connectivity index (χ0n) is 7.44. The van der Waals surface area contributed by atoms with Gasteiger partial charge in [0.1, 0.15) is 0 Å². The van der Waals surface area contributed by atoms with E-state index < -0.39 is 11.8 Å². The summed E-state index contributed by atoms with van der Waals surface area (Å²) in [5.74, 6) is -1.25. The Labute approximate surface area is 79.2 Å². The molecule has 14 heavy (non-hydrogen) atoms. The normalized spacial score (nSPS) is 9.79. The third-order valence-electron chi connectivity index (χ3n) is 1.33. The molecule has 3 N–H and O–H groups in total. The van der Waals surface area contributed by atoms with Gasteiger partial charge in [-0.15, -0.1) is 0 Å². The molecule has 1 aromatic rings. The standard InChI is InChI=1S/C7H9N3O4/c1-4-6(13-3-9-4)7(12)10-14-2-5(8)11/h3H,2H2,1H3,(H2,8,11)(H,10,12). The summed E-state index contributed by atoms with van der Waals surface area (Å²) in [6, 6.07) is 0. The largest absolute Gasteiger partial charge is 0.438 e. The van der Waals surface area contributed by atoms with E-state index in [9.17, 15) is 9.59 Å². The second-order valence-electron chi connectivity index (χ2n) is 2.45. The van der Waals surface area contributed by atoms with E-state index in [2.05, 4.69) is 9.82 Å². The number of hydrogen-bond donors (Lipinski definition) is 2. The highest BCUT2D eigenvalue weighted by atomic mass is 16.7. The fourth-order valence-electron chi connectivity index (χ4n) is 0.739. The number of primary amides is 1. The van der Waals surface area contributed by atoms with E-state index in [0.29, 0.717) is 5.69 Å². The van der Waals surface area contributed by atoms with Crippen molar-refractivity contribution in [1.29, 1.82) is 0 Å². The molecule has 0 saturated heterocycles. The monoisotopic (exact) mass is 199 g/mol. The molecule has 0 aliphatic carbocycles. The molecule has 1 rings (SSSR count). The third-order valence-corrected chi connectivity index (χ3v) is 1.33. The van der Waals surface area contributed by atoms with Crippen LogP contribution in [0.15, 0.2) is 10.8 Å². The van der Waals surface area contributed by atoms with Crippen LogP contribution < -0.4 is 11.2 Å². The Bertz CT molecular complexity index is 346. The number of nitrogens with zero attached hydrogens (tertiary/aromatic N) is 1. The predicted molar refractivity (Wildman–Crippen MR) is 43.9 cm³/mol. The average Bonchev–Trinajstić information content (AvgIpc) is 2.50. The minimum Gasteiger partial charge on any atom is -0.438 e. The van der Waals surface area contributed by atoms with E-state index in [-0.39, 0.29) is 12.4 Å². The van der Waals surface area contributed by atoms with Crippen molar-refractivity contribution in [2.24, 2.45) is 5.73 Å². The highest BCUT2D eigenvalue weighted by Gasteiger charge is 2.13. The summed E-state index contributed by atoms with van der Waals surface area (Å²) in [6.07, 6.45) is 1.14. The van der Waals surface area contributed by atoms with Gasteiger partial charge in [0, 0.05) is 0 Å². The molecule has 1 heterocycles. The topological polar surface area (TPSA) is 107 Å². The van der Waals surface area contributed by atoms with Crippen molar-refractivity contribution < 1.29 is 18.8 Å². The molecule has 0 saturated carbocycles. The van der Waals surface area contributed by atoms with Crippen molar-refractivity contribution in [1.82, 2.24) is 10.5 Å². The molecule has 0 fully saturated rings. The van der Waals surface area contributed by atoms with Crippen LogP contribution in [0.2, 0.25) is 0 Å². The van der Waals surface area contributed by atoms with Crippen molar-refractivity contribution in [3.8, 4) is 0 Å². The van der Waals surface area contributed by atoms with E-state index in [1.807, 2.05) is 5.48 Å². The van der Waals surface area contributed by atoms with Crippen LogP contribution in [-0.2, 0) is 9.63 Å². The molecule has 76 valence electrons. The van der Waals surface area contributed by atoms with Crippen molar-refractivity contribution in [3.63, 3.8) is 0 Å². The Morgan fingerprint density at radius 1 is 1.71 bits per heavy atom. The molecular weight excluding hydrogens is 190 g/mol. The van der Waals surface area contributed by atoms with Crippen LogP contribution in [0.3, 0.4) is 0 Å². The lowest BCUT2D eigenvalue weighted by Gasteiger charge is -2.01. The smallest absolute Gasteiger partial charge is 0.312 e. The van der Waals surface area contributed by atoms with Gasteiger partial charge in [0.2, 0.25) is 11.7 Å². The Kier molecular flexibility index (Phi) is 3.19. The molecule has 0 aliphatic heterocycles. The minimum atomic E-state index is -0.681. The minimum absolute atomic E-state index is 0.0365. The first kappa shape index (κ1) is 10.2. The first-order chi connectivity index (χ1) is 6.61. The van der Waals surface area contributed by atoms with Gasteiger partial charge in [-0.2, -0.15) is 0 Å². The number of aromatic nitrogens is 1. The van der Waals surface area contributed by atoms with E-state index in [0.717, 1.165) is 6.39 Å². The second-order valence-corrected chi connectivity index (χ2v) is 2.45. The number of oxazole rings is 1. The molecular formula is C7H9N3O4. The number of carbonyl (C=O) groups is 2. The van der Waals surface area contributed by atoms with Crippen molar-refractivity contribution in [2.45, 2.75) is 6.92 Å². The Morgan fingerprint density at radius 3 is 2.93 bits per heavy atom. The highest BCUT2D eigenvalue weighted by Crippen LogP contribution is 2.03. The zero-order valence-corrected chi connectivity index (χ0v) is 7.44. The number of nitrogens with one attached hydrogen (secondary N) is 1. The number of carbonyl (C=O) groups excluding carboxylic acids is 2. The molecule has 1 aromatic heterocycles. The number of aryl methyl sites for hydroxylation is 1. The maximum Gasteiger partial charge on any atom is 0.312 e. The summed E-state index contributed by atoms with van der Waals surface area (Å²) in [6.45, 7) is 1.21. The number of nitrogens with two attached hydrogens (primary N) is 1. The molecule has 0 atom stereocenters. The Hall–Kier alpha value is -1.89. The predicted octanol–water partition coefficient (Wildman–Crippen LogP) is -0.870. The SMILES string of the molecule is Cc1ncoc1C(=O)NOCC(N)=O. The number of rotatable bonds is 4. The van der Waals surface area contributed by atoms with Crippen LogP contribution in [0.1, 0.15) is 16.2 Å². The average molecular weight is 199 g/mol. The van der Waals surface area contributed by atoms with Crippen LogP contribution in [0, 0.1) is 6.92 Å². The van der Waals surface area contributed by atoms with E-state index >= 15 is 0 Å². The summed E-state index contributed by atoms with van der Waals surface area (Å²) in [5.41, 5.74) is 7.20. The second kappa shape index (κ2) is 4.38. The van der Waals surface area contributed by atoms with E-state index in [1.54, 1.807) is 6.92 Å². The number of amides is 2. The Morgan fingerprint density at radius 2 is 2.43 bits per heavy atom. The van der Waals surface area contributed by atoms with Crippen LogP contribution in [0.25, 0.3) is 0 Å². The molecule has 0 spiro atoms. The van der Waals surface area contributed by atoms with Crippen molar-refractivity contribution in [3.05, 3.63) is 17.8 Å². The summed E-state index contributed by atoms with van der Waals surface area (Å²) in [7, 11) is 0. The van der Waals surface area contributed by atoms with Crippen LogP contribution in [0.4, 0.5) is 0 Å². The lowest BCUT2D eigenvalue weighted by molar-refractivity contribution is -0.124. The number of hydroxylamine groups is 1. The molecule has 7 nitrogen and oxygen atoms in total. The lowest BCUT2D eigenvalue weighted by Crippen LogP contribution is -2.29. The molecule has 7 heteroatoms. The van der Waals surface area contributed by atoms with E-state index in [1.165, 1.54) is 0 Å². The van der Waals surface area contributed by atoms with Gasteiger partial charge in [0.05, 0.1) is 5.69 Å². The first-order valence-electron chi connectivity index (χ1n) is 3.71. The first-order valence-corrected chi connectivity index (χ1v) is 3.71. The molecule has 0 aliphatic rings. The maximum atomic E-state index is 11.2. The van der Waals surface area contributed by atoms with Crippen LogP contribution in [0.5, 0.6) is 0 Å². The van der Waals surface area contributed by atoms with Gasteiger partial charge in [-0.25, -0.2) is 10.5 Å². The zero-order chi connectivity index (χ0) is 10.6. The van der Waals surface area contributed by atoms with Gasteiger partial charge < -0.3 is 10.2 Å². The molecule has 0 aromatic carbocycles. The fourth-order valence-corrected chi connectivity index (χ4v) is 0.739. The summed E-state index contributed by atoms with van der Waals surface area (Å²) in [5, 5.41) is 0. The third kappa shape index (κ3) is 2.56. The van der Waals surface area contributed by atoms with Gasteiger partial charge >= 0.3 is 5.91 Å². The van der Waals surface area contributed by atoms with E-state index in [4.69, 9.17) is 10.2 Å². The van der Waals surface area contributed by atoms with Crippen LogP contribution >= 0.6 is 0 Å². The van der Waals surface area contributed by atoms with Crippen molar-refractivity contribution >= 4 is 11.8 Å². The van der Waals surface area contributed by atoms with Gasteiger partial charge in [0.15, 0.2) is 13.0 Å². The molecule has 2 amide bonds. The maximum absolute atomic E-state index is 11.2. The summed E-state index contributed by atoms with van der Waals surface area (Å²) >= 11 is 0. The van der Waals surface area contributed by atoms with Gasteiger partial charge in [-0.3, -0.25) is 14.4 Å². The van der Waals surface area contributed by atoms with Crippen LogP contribution in [-0.4, -0.2) is 23.4 Å². The number of hydrogen-bond acceptors (Lipinski definition) is 5. The highest BCUT2D eigenvalue weighted by molar-refractivity contribution is 5.91. The molecule has 0 radical (unpaired) electrons. The van der Waals surface area contributed by atoms with Gasteiger partial charge in [0.25, 0.3) is 0 Å². The van der Waals surface area contributed by atoms with Gasteiger partial charge in [-0.1, -0.05) is 0 Å². The molecule has 0 unspecified atom stereocenters. The summed E-state index contributed by atoms with van der Waals surface area (Å²) in [4.78, 5) is 29.6. The fraction of sp³-hybridized carbons (Fsp3) is 0.286. The summed E-state index contributed by atoms with van der Waals surface area (Å²) < 4.78 is 4.76. The quantitative estimate of drug-likeness (QED) is 0.613. The Balaban J connectivity index is 2.44. The van der Waals surface area contributed by atoms with Crippen molar-refractivity contribution in [2.75, 3.05) is 6.61 Å². The lowest BCUT2D eigenvalue weighted by atomic mass is 10.4. The van der Waals surface area contributed by atoms with Gasteiger partial charge in [-0.05, 0) is 6.92 Å².